The van der Waals surface area contributed by atoms with Crippen molar-refractivity contribution in [2.75, 3.05) is 38.2 Å². The molecule has 0 unspecified atom stereocenters. The van der Waals surface area contributed by atoms with E-state index in [-0.39, 0.29) is 0 Å². The van der Waals surface area contributed by atoms with Gasteiger partial charge in [0.2, 0.25) is 0 Å². The summed E-state index contributed by atoms with van der Waals surface area (Å²) in [5.74, 6) is 1.18. The second-order valence-electron chi connectivity index (χ2n) is 6.75. The molecule has 1 fully saturated rings. The fraction of sp³-hybridized carbons (Fsp3) is 0.273. The number of ether oxygens (including phenoxy) is 1. The van der Waals surface area contributed by atoms with Crippen LogP contribution in [0.1, 0.15) is 5.56 Å². The molecule has 4 nitrogen and oxygen atoms in total. The maximum absolute atomic E-state index is 10.5. The number of rotatable bonds is 4. The summed E-state index contributed by atoms with van der Waals surface area (Å²) in [5.41, 5.74) is 2.26. The number of aromatic hydroxyl groups is 1. The minimum Gasteiger partial charge on any atom is -0.508 e. The minimum atomic E-state index is 0.358. The van der Waals surface area contributed by atoms with E-state index >= 15 is 0 Å². The largest absolute Gasteiger partial charge is 0.508 e. The SMILES string of the molecule is COc1ccc2ccc(O)c(CN3CCN(c4ccccc4)CC3)c2c1. The van der Waals surface area contributed by atoms with Gasteiger partial charge in [-0.1, -0.05) is 30.3 Å². The lowest BCUT2D eigenvalue weighted by Gasteiger charge is -2.36. The quantitative estimate of drug-likeness (QED) is 0.776. The smallest absolute Gasteiger partial charge is 0.120 e. The van der Waals surface area contributed by atoms with Crippen LogP contribution >= 0.6 is 0 Å². The maximum atomic E-state index is 10.5. The number of anilines is 1. The molecule has 0 amide bonds. The maximum Gasteiger partial charge on any atom is 0.120 e. The summed E-state index contributed by atoms with van der Waals surface area (Å²) in [5, 5.41) is 12.6. The summed E-state index contributed by atoms with van der Waals surface area (Å²) in [6.07, 6.45) is 0. The Hall–Kier alpha value is -2.72. The molecule has 0 saturated carbocycles. The van der Waals surface area contributed by atoms with E-state index in [1.165, 1.54) is 5.69 Å². The van der Waals surface area contributed by atoms with Crippen molar-refractivity contribution in [1.29, 1.82) is 0 Å². The zero-order valence-electron chi connectivity index (χ0n) is 15.1. The highest BCUT2D eigenvalue weighted by Crippen LogP contribution is 2.31. The van der Waals surface area contributed by atoms with Crippen LogP contribution in [0.5, 0.6) is 11.5 Å². The van der Waals surface area contributed by atoms with E-state index in [1.807, 2.05) is 24.3 Å². The molecule has 0 atom stereocenters. The molecular weight excluding hydrogens is 324 g/mol. The van der Waals surface area contributed by atoms with Crippen LogP contribution in [-0.2, 0) is 6.54 Å². The monoisotopic (exact) mass is 348 g/mol. The first-order chi connectivity index (χ1) is 12.7. The van der Waals surface area contributed by atoms with Gasteiger partial charge in [0.25, 0.3) is 0 Å². The van der Waals surface area contributed by atoms with Crippen LogP contribution in [-0.4, -0.2) is 43.3 Å². The lowest BCUT2D eigenvalue weighted by Crippen LogP contribution is -2.45. The highest BCUT2D eigenvalue weighted by Gasteiger charge is 2.19. The van der Waals surface area contributed by atoms with Crippen molar-refractivity contribution >= 4 is 16.5 Å². The number of nitrogens with zero attached hydrogens (tertiary/aromatic N) is 2. The molecule has 0 spiro atoms. The molecule has 1 heterocycles. The van der Waals surface area contributed by atoms with Crippen LogP contribution in [0.4, 0.5) is 5.69 Å². The first kappa shape index (κ1) is 16.7. The molecule has 3 aromatic rings. The van der Waals surface area contributed by atoms with E-state index in [4.69, 9.17) is 4.74 Å². The van der Waals surface area contributed by atoms with Crippen LogP contribution in [0, 0.1) is 0 Å². The zero-order valence-corrected chi connectivity index (χ0v) is 15.1. The normalized spacial score (nSPS) is 15.3. The third-order valence-electron chi connectivity index (χ3n) is 5.19. The van der Waals surface area contributed by atoms with Gasteiger partial charge in [0, 0.05) is 44.0 Å². The first-order valence-corrected chi connectivity index (χ1v) is 9.05. The molecule has 0 bridgehead atoms. The van der Waals surface area contributed by atoms with Gasteiger partial charge in [0.05, 0.1) is 7.11 Å². The number of hydrogen-bond acceptors (Lipinski definition) is 4. The fourth-order valence-electron chi connectivity index (χ4n) is 3.67. The second kappa shape index (κ2) is 7.26. The van der Waals surface area contributed by atoms with Crippen LogP contribution in [0.15, 0.2) is 60.7 Å². The molecule has 4 rings (SSSR count). The molecule has 0 aromatic heterocycles. The molecule has 4 heteroatoms. The van der Waals surface area contributed by atoms with Crippen LogP contribution in [0.3, 0.4) is 0 Å². The Labute approximate surface area is 154 Å². The average molecular weight is 348 g/mol. The van der Waals surface area contributed by atoms with Crippen LogP contribution < -0.4 is 9.64 Å². The summed E-state index contributed by atoms with van der Waals surface area (Å²) in [7, 11) is 1.67. The Morgan fingerprint density at radius 2 is 1.65 bits per heavy atom. The summed E-state index contributed by atoms with van der Waals surface area (Å²) in [4.78, 5) is 4.83. The third kappa shape index (κ3) is 3.33. The van der Waals surface area contributed by atoms with E-state index in [9.17, 15) is 5.11 Å². The van der Waals surface area contributed by atoms with Gasteiger partial charge < -0.3 is 14.7 Å². The molecule has 0 aliphatic carbocycles. The molecule has 1 saturated heterocycles. The lowest BCUT2D eigenvalue weighted by molar-refractivity contribution is 0.247. The van der Waals surface area contributed by atoms with Gasteiger partial charge >= 0.3 is 0 Å². The van der Waals surface area contributed by atoms with Gasteiger partial charge in [-0.15, -0.1) is 0 Å². The van der Waals surface area contributed by atoms with Crippen LogP contribution in [0.2, 0.25) is 0 Å². The molecular formula is C22H24N2O2. The van der Waals surface area contributed by atoms with E-state index < -0.39 is 0 Å². The highest BCUT2D eigenvalue weighted by molar-refractivity contribution is 5.89. The molecule has 3 aromatic carbocycles. The van der Waals surface area contributed by atoms with Crippen LogP contribution in [0.25, 0.3) is 10.8 Å². The topological polar surface area (TPSA) is 35.9 Å². The van der Waals surface area contributed by atoms with Gasteiger partial charge in [-0.05, 0) is 41.1 Å². The van der Waals surface area contributed by atoms with E-state index in [0.717, 1.165) is 54.8 Å². The zero-order chi connectivity index (χ0) is 17.9. The Bertz CT molecular complexity index is 887. The van der Waals surface area contributed by atoms with Crippen molar-refractivity contribution in [3.8, 4) is 11.5 Å². The van der Waals surface area contributed by atoms with Gasteiger partial charge in [-0.2, -0.15) is 0 Å². The molecule has 1 aliphatic rings. The minimum absolute atomic E-state index is 0.358. The third-order valence-corrected chi connectivity index (χ3v) is 5.19. The first-order valence-electron chi connectivity index (χ1n) is 9.05. The van der Waals surface area contributed by atoms with Crippen molar-refractivity contribution in [1.82, 2.24) is 4.90 Å². The van der Waals surface area contributed by atoms with Crippen molar-refractivity contribution in [3.05, 3.63) is 66.2 Å². The Morgan fingerprint density at radius 1 is 0.923 bits per heavy atom. The number of benzene rings is 3. The average Bonchev–Trinajstić information content (AvgIpc) is 2.71. The number of fused-ring (bicyclic) bond motifs is 1. The number of phenols is 1. The summed E-state index contributed by atoms with van der Waals surface area (Å²) < 4.78 is 5.37. The molecule has 0 radical (unpaired) electrons. The highest BCUT2D eigenvalue weighted by atomic mass is 16.5. The summed E-state index contributed by atoms with van der Waals surface area (Å²) >= 11 is 0. The van der Waals surface area contributed by atoms with Gasteiger partial charge in [-0.25, -0.2) is 0 Å². The molecule has 134 valence electrons. The molecule has 26 heavy (non-hydrogen) atoms. The second-order valence-corrected chi connectivity index (χ2v) is 6.75. The number of para-hydroxylation sites is 1. The van der Waals surface area contributed by atoms with E-state index in [0.29, 0.717) is 5.75 Å². The van der Waals surface area contributed by atoms with E-state index in [1.54, 1.807) is 13.2 Å². The standard InChI is InChI=1S/C22H24N2O2/c1-26-19-9-7-17-8-10-22(25)21(20(17)15-19)16-23-11-13-24(14-12-23)18-5-3-2-4-6-18/h2-10,15,25H,11-14,16H2,1H3. The van der Waals surface area contributed by atoms with Gasteiger partial charge in [-0.3, -0.25) is 4.90 Å². The molecule has 1 N–H and O–H groups in total. The number of piperazine rings is 1. The van der Waals surface area contributed by atoms with Crippen molar-refractivity contribution in [2.45, 2.75) is 6.54 Å². The fourth-order valence-corrected chi connectivity index (χ4v) is 3.67. The Morgan fingerprint density at radius 3 is 2.38 bits per heavy atom. The van der Waals surface area contributed by atoms with Gasteiger partial charge in [0.15, 0.2) is 0 Å². The molecule has 1 aliphatic heterocycles. The number of phenolic OH excluding ortho intramolecular Hbond substituents is 1. The van der Waals surface area contributed by atoms with Crippen molar-refractivity contribution in [3.63, 3.8) is 0 Å². The van der Waals surface area contributed by atoms with Gasteiger partial charge in [0.1, 0.15) is 11.5 Å². The summed E-state index contributed by atoms with van der Waals surface area (Å²) in [6, 6.07) is 20.3. The number of hydrogen-bond donors (Lipinski definition) is 1. The predicted octanol–water partition coefficient (Wildman–Crippen LogP) is 3.88. The van der Waals surface area contributed by atoms with Crippen molar-refractivity contribution < 1.29 is 9.84 Å². The predicted molar refractivity (Wildman–Crippen MR) is 106 cm³/mol. The Balaban J connectivity index is 1.52. The lowest BCUT2D eigenvalue weighted by atomic mass is 10.0. The Kier molecular flexibility index (Phi) is 4.67. The van der Waals surface area contributed by atoms with Crippen molar-refractivity contribution in [2.24, 2.45) is 0 Å². The number of methoxy groups -OCH3 is 1. The van der Waals surface area contributed by atoms with E-state index in [2.05, 4.69) is 40.1 Å². The summed E-state index contributed by atoms with van der Waals surface area (Å²) in [6.45, 7) is 4.71.